The number of hydrogen-bond acceptors (Lipinski definition) is 3. The summed E-state index contributed by atoms with van der Waals surface area (Å²) in [6, 6.07) is 7.06. The predicted molar refractivity (Wildman–Crippen MR) is 79.1 cm³/mol. The molecular formula is C13H15BrN4O. The molecule has 0 aliphatic heterocycles. The van der Waals surface area contributed by atoms with E-state index in [1.54, 1.807) is 28.9 Å². The molecule has 5 nitrogen and oxygen atoms in total. The topological polar surface area (TPSA) is 72.9 Å². The van der Waals surface area contributed by atoms with Gasteiger partial charge < -0.3 is 11.1 Å². The molecule has 0 saturated carbocycles. The van der Waals surface area contributed by atoms with Crippen LogP contribution in [0.15, 0.2) is 28.7 Å². The lowest BCUT2D eigenvalue weighted by molar-refractivity contribution is 0.101. The Hall–Kier alpha value is -1.82. The number of aryl methyl sites for hydroxylation is 2. The Morgan fingerprint density at radius 3 is 2.84 bits per heavy atom. The molecule has 0 spiro atoms. The lowest BCUT2D eigenvalue weighted by Gasteiger charge is -2.08. The maximum Gasteiger partial charge on any atom is 0.273 e. The normalized spacial score (nSPS) is 10.5. The van der Waals surface area contributed by atoms with Crippen LogP contribution in [0.3, 0.4) is 0 Å². The van der Waals surface area contributed by atoms with E-state index in [0.717, 1.165) is 10.2 Å². The summed E-state index contributed by atoms with van der Waals surface area (Å²) in [6.45, 7) is 4.46. The zero-order chi connectivity index (χ0) is 14.0. The van der Waals surface area contributed by atoms with E-state index in [4.69, 9.17) is 5.73 Å². The summed E-state index contributed by atoms with van der Waals surface area (Å²) < 4.78 is 2.48. The van der Waals surface area contributed by atoms with Gasteiger partial charge in [0.25, 0.3) is 5.91 Å². The van der Waals surface area contributed by atoms with Crippen molar-refractivity contribution in [3.05, 3.63) is 40.1 Å². The van der Waals surface area contributed by atoms with Crippen LogP contribution in [0.25, 0.3) is 0 Å². The minimum absolute atomic E-state index is 0.191. The van der Waals surface area contributed by atoms with Gasteiger partial charge in [0, 0.05) is 22.4 Å². The van der Waals surface area contributed by atoms with E-state index in [9.17, 15) is 4.79 Å². The number of benzene rings is 1. The average molecular weight is 323 g/mol. The first-order valence-corrected chi connectivity index (χ1v) is 6.71. The number of carbonyl (C=O) groups is 1. The molecule has 0 bridgehead atoms. The second kappa shape index (κ2) is 5.44. The van der Waals surface area contributed by atoms with Crippen LogP contribution < -0.4 is 11.1 Å². The summed E-state index contributed by atoms with van der Waals surface area (Å²) in [7, 11) is 0. The first-order chi connectivity index (χ1) is 9.01. The van der Waals surface area contributed by atoms with Gasteiger partial charge in [-0.3, -0.25) is 9.48 Å². The number of nitrogens with two attached hydrogens (primary N) is 1. The summed E-state index contributed by atoms with van der Waals surface area (Å²) in [4.78, 5) is 12.2. The molecule has 19 heavy (non-hydrogen) atoms. The third-order valence-corrected chi connectivity index (χ3v) is 3.41. The van der Waals surface area contributed by atoms with Gasteiger partial charge in [0.1, 0.15) is 5.69 Å². The fourth-order valence-corrected chi connectivity index (χ4v) is 2.03. The van der Waals surface area contributed by atoms with Gasteiger partial charge in [-0.05, 0) is 54.0 Å². The van der Waals surface area contributed by atoms with Gasteiger partial charge in [-0.25, -0.2) is 0 Å². The van der Waals surface area contributed by atoms with Crippen molar-refractivity contribution in [3.8, 4) is 0 Å². The summed E-state index contributed by atoms with van der Waals surface area (Å²) in [5.41, 5.74) is 8.39. The molecule has 1 amide bonds. The molecule has 0 atom stereocenters. The summed E-state index contributed by atoms with van der Waals surface area (Å²) >= 11 is 3.31. The molecule has 0 fully saturated rings. The monoisotopic (exact) mass is 322 g/mol. The van der Waals surface area contributed by atoms with Crippen molar-refractivity contribution < 1.29 is 4.79 Å². The highest BCUT2D eigenvalue weighted by Crippen LogP contribution is 2.23. The average Bonchev–Trinajstić information content (AvgIpc) is 2.75. The molecule has 0 saturated heterocycles. The van der Waals surface area contributed by atoms with Crippen molar-refractivity contribution in [1.29, 1.82) is 0 Å². The van der Waals surface area contributed by atoms with Crippen LogP contribution in [0.5, 0.6) is 0 Å². The van der Waals surface area contributed by atoms with Gasteiger partial charge in [0.15, 0.2) is 0 Å². The van der Waals surface area contributed by atoms with Crippen molar-refractivity contribution in [2.45, 2.75) is 20.4 Å². The van der Waals surface area contributed by atoms with Crippen molar-refractivity contribution in [1.82, 2.24) is 9.78 Å². The standard InChI is InChI=1S/C13H15BrN4O/c1-3-18-12(6-8(2)17-18)13(19)16-9-4-5-10(14)11(15)7-9/h4-7H,3,15H2,1-2H3,(H,16,19). The molecule has 6 heteroatoms. The molecule has 0 unspecified atom stereocenters. The van der Waals surface area contributed by atoms with E-state index in [2.05, 4.69) is 26.3 Å². The van der Waals surface area contributed by atoms with Crippen LogP contribution in [0.4, 0.5) is 11.4 Å². The zero-order valence-electron chi connectivity index (χ0n) is 10.8. The number of nitrogens with one attached hydrogen (secondary N) is 1. The maximum atomic E-state index is 12.2. The maximum absolute atomic E-state index is 12.2. The molecular weight excluding hydrogens is 308 g/mol. The highest BCUT2D eigenvalue weighted by atomic mass is 79.9. The number of nitrogen functional groups attached to an aromatic ring is 1. The quantitative estimate of drug-likeness (QED) is 0.853. The number of rotatable bonds is 3. The van der Waals surface area contributed by atoms with E-state index in [0.29, 0.717) is 23.6 Å². The first-order valence-electron chi connectivity index (χ1n) is 5.92. The van der Waals surface area contributed by atoms with Gasteiger partial charge in [-0.2, -0.15) is 5.10 Å². The van der Waals surface area contributed by atoms with Gasteiger partial charge in [0.05, 0.1) is 5.69 Å². The Kier molecular flexibility index (Phi) is 3.90. The third-order valence-electron chi connectivity index (χ3n) is 2.69. The molecule has 1 heterocycles. The van der Waals surface area contributed by atoms with Gasteiger partial charge >= 0.3 is 0 Å². The Morgan fingerprint density at radius 2 is 2.21 bits per heavy atom. The predicted octanol–water partition coefficient (Wildman–Crippen LogP) is 2.81. The third kappa shape index (κ3) is 2.96. The highest BCUT2D eigenvalue weighted by molar-refractivity contribution is 9.10. The van der Waals surface area contributed by atoms with Crippen molar-refractivity contribution in [2.24, 2.45) is 0 Å². The zero-order valence-corrected chi connectivity index (χ0v) is 12.4. The van der Waals surface area contributed by atoms with Crippen molar-refractivity contribution >= 4 is 33.2 Å². The number of aromatic nitrogens is 2. The van der Waals surface area contributed by atoms with Crippen molar-refractivity contribution in [3.63, 3.8) is 0 Å². The largest absolute Gasteiger partial charge is 0.398 e. The minimum atomic E-state index is -0.191. The highest BCUT2D eigenvalue weighted by Gasteiger charge is 2.13. The summed E-state index contributed by atoms with van der Waals surface area (Å²) in [5, 5.41) is 7.06. The van der Waals surface area contributed by atoms with Crippen LogP contribution in [0.2, 0.25) is 0 Å². The Balaban J connectivity index is 2.22. The second-order valence-corrected chi connectivity index (χ2v) is 5.03. The number of anilines is 2. The van der Waals surface area contributed by atoms with E-state index in [1.165, 1.54) is 0 Å². The first kappa shape index (κ1) is 13.6. The van der Waals surface area contributed by atoms with E-state index >= 15 is 0 Å². The van der Waals surface area contributed by atoms with E-state index in [1.807, 2.05) is 13.8 Å². The fourth-order valence-electron chi connectivity index (χ4n) is 1.79. The number of carbonyl (C=O) groups excluding carboxylic acids is 1. The number of halogens is 1. The van der Waals surface area contributed by atoms with Crippen molar-refractivity contribution in [2.75, 3.05) is 11.1 Å². The lowest BCUT2D eigenvalue weighted by Crippen LogP contribution is -2.17. The lowest BCUT2D eigenvalue weighted by atomic mass is 10.2. The van der Waals surface area contributed by atoms with Crippen LogP contribution in [-0.4, -0.2) is 15.7 Å². The molecule has 100 valence electrons. The molecule has 3 N–H and O–H groups in total. The molecule has 1 aromatic carbocycles. The van der Waals surface area contributed by atoms with E-state index < -0.39 is 0 Å². The Morgan fingerprint density at radius 1 is 1.47 bits per heavy atom. The SMILES string of the molecule is CCn1nc(C)cc1C(=O)Nc1ccc(Br)c(N)c1. The number of nitrogens with zero attached hydrogens (tertiary/aromatic N) is 2. The Labute approximate surface area is 119 Å². The van der Waals surface area contributed by atoms with Crippen LogP contribution in [0, 0.1) is 6.92 Å². The molecule has 1 aromatic heterocycles. The minimum Gasteiger partial charge on any atom is -0.398 e. The molecule has 2 rings (SSSR count). The summed E-state index contributed by atoms with van der Waals surface area (Å²) in [6.07, 6.45) is 0. The van der Waals surface area contributed by atoms with Crippen LogP contribution in [0.1, 0.15) is 23.1 Å². The smallest absolute Gasteiger partial charge is 0.273 e. The summed E-state index contributed by atoms with van der Waals surface area (Å²) in [5.74, 6) is -0.191. The molecule has 2 aromatic rings. The Bertz CT molecular complexity index is 621. The van der Waals surface area contributed by atoms with Crippen LogP contribution in [-0.2, 0) is 6.54 Å². The molecule has 0 aliphatic carbocycles. The van der Waals surface area contributed by atoms with Gasteiger partial charge in [0.2, 0.25) is 0 Å². The van der Waals surface area contributed by atoms with Gasteiger partial charge in [-0.1, -0.05) is 0 Å². The number of amides is 1. The molecule has 0 radical (unpaired) electrons. The van der Waals surface area contributed by atoms with Crippen LogP contribution >= 0.6 is 15.9 Å². The second-order valence-electron chi connectivity index (χ2n) is 4.18. The van der Waals surface area contributed by atoms with Gasteiger partial charge in [-0.15, -0.1) is 0 Å². The molecule has 0 aliphatic rings. The van der Waals surface area contributed by atoms with E-state index in [-0.39, 0.29) is 5.91 Å². The number of hydrogen-bond donors (Lipinski definition) is 2. The fraction of sp³-hybridized carbons (Fsp3) is 0.231.